The molecule has 2 aromatic rings. The summed E-state index contributed by atoms with van der Waals surface area (Å²) in [6.45, 7) is 0.649. The van der Waals surface area contributed by atoms with Crippen LogP contribution < -0.4 is 5.32 Å². The highest BCUT2D eigenvalue weighted by Crippen LogP contribution is 2.11. The van der Waals surface area contributed by atoms with Crippen molar-refractivity contribution in [2.45, 2.75) is 25.7 Å². The molecular weight excluding hydrogens is 320 g/mol. The van der Waals surface area contributed by atoms with Crippen molar-refractivity contribution in [1.29, 1.82) is 0 Å². The molecule has 130 valence electrons. The van der Waals surface area contributed by atoms with Crippen molar-refractivity contribution in [3.8, 4) is 5.69 Å². The highest BCUT2D eigenvalue weighted by molar-refractivity contribution is 6.02. The lowest BCUT2D eigenvalue weighted by Gasteiger charge is -2.13. The van der Waals surface area contributed by atoms with Gasteiger partial charge >= 0.3 is 0 Å². The second-order valence-electron chi connectivity index (χ2n) is 5.92. The van der Waals surface area contributed by atoms with Crippen molar-refractivity contribution >= 4 is 17.7 Å². The van der Waals surface area contributed by atoms with E-state index in [0.29, 0.717) is 13.0 Å². The molecule has 3 amide bonds. The number of carbonyl (C=O) groups is 3. The number of amides is 3. The van der Waals surface area contributed by atoms with Gasteiger partial charge in [-0.2, -0.15) is 5.10 Å². The Morgan fingerprint density at radius 2 is 1.84 bits per heavy atom. The van der Waals surface area contributed by atoms with Gasteiger partial charge in [-0.3, -0.25) is 19.3 Å². The van der Waals surface area contributed by atoms with E-state index in [1.54, 1.807) is 10.9 Å². The monoisotopic (exact) mass is 340 g/mol. The van der Waals surface area contributed by atoms with Gasteiger partial charge in [0.2, 0.25) is 17.7 Å². The molecule has 0 spiro atoms. The molecule has 1 aliphatic rings. The van der Waals surface area contributed by atoms with Crippen LogP contribution in [0.2, 0.25) is 0 Å². The Balaban J connectivity index is 1.41. The van der Waals surface area contributed by atoms with E-state index < -0.39 is 0 Å². The highest BCUT2D eigenvalue weighted by atomic mass is 16.2. The lowest BCUT2D eigenvalue weighted by Crippen LogP contribution is -2.34. The molecule has 25 heavy (non-hydrogen) atoms. The molecule has 0 saturated carbocycles. The predicted molar refractivity (Wildman–Crippen MR) is 90.8 cm³/mol. The van der Waals surface area contributed by atoms with Crippen LogP contribution >= 0.6 is 0 Å². The standard InChI is InChI=1S/C18H20N4O3/c23-16(9-11-21-17(24)6-7-18(21)25)19-10-8-14-12-20-22(13-14)15-4-2-1-3-5-15/h1-5,12-13H,6-11H2,(H,19,23). The van der Waals surface area contributed by atoms with Gasteiger partial charge in [0.05, 0.1) is 11.9 Å². The minimum absolute atomic E-state index is 0.140. The van der Waals surface area contributed by atoms with Crippen LogP contribution in [0, 0.1) is 0 Å². The maximum Gasteiger partial charge on any atom is 0.229 e. The zero-order chi connectivity index (χ0) is 17.6. The number of rotatable bonds is 7. The van der Waals surface area contributed by atoms with Crippen molar-refractivity contribution in [1.82, 2.24) is 20.0 Å². The summed E-state index contributed by atoms with van der Waals surface area (Å²) in [6.07, 6.45) is 5.03. The van der Waals surface area contributed by atoms with Gasteiger partial charge < -0.3 is 5.32 Å². The fourth-order valence-electron chi connectivity index (χ4n) is 2.73. The van der Waals surface area contributed by atoms with Crippen LogP contribution in [0.1, 0.15) is 24.8 Å². The Hall–Kier alpha value is -2.96. The van der Waals surface area contributed by atoms with E-state index in [-0.39, 0.29) is 43.5 Å². The van der Waals surface area contributed by atoms with Gasteiger partial charge in [0.15, 0.2) is 0 Å². The molecule has 2 heterocycles. The molecule has 0 unspecified atom stereocenters. The number of benzene rings is 1. The third-order valence-corrected chi connectivity index (χ3v) is 4.11. The SMILES string of the molecule is O=C(CCN1C(=O)CCC1=O)NCCc1cnn(-c2ccccc2)c1. The quantitative estimate of drug-likeness (QED) is 0.764. The van der Waals surface area contributed by atoms with Gasteiger partial charge in [0.1, 0.15) is 0 Å². The lowest BCUT2D eigenvalue weighted by molar-refractivity contribution is -0.138. The topological polar surface area (TPSA) is 84.3 Å². The van der Waals surface area contributed by atoms with Crippen molar-refractivity contribution in [3.63, 3.8) is 0 Å². The van der Waals surface area contributed by atoms with Gasteiger partial charge in [-0.25, -0.2) is 4.68 Å². The van der Waals surface area contributed by atoms with Crippen LogP contribution in [-0.2, 0) is 20.8 Å². The van der Waals surface area contributed by atoms with E-state index in [4.69, 9.17) is 0 Å². The summed E-state index contributed by atoms with van der Waals surface area (Å²) in [4.78, 5) is 36.0. The summed E-state index contributed by atoms with van der Waals surface area (Å²) in [5.74, 6) is -0.541. The predicted octanol–water partition coefficient (Wildman–Crippen LogP) is 1.07. The number of imide groups is 1. The van der Waals surface area contributed by atoms with E-state index in [9.17, 15) is 14.4 Å². The van der Waals surface area contributed by atoms with E-state index in [0.717, 1.165) is 11.3 Å². The van der Waals surface area contributed by atoms with Crippen LogP contribution in [-0.4, -0.2) is 45.5 Å². The summed E-state index contributed by atoms with van der Waals surface area (Å²) in [5.41, 5.74) is 2.01. The number of aromatic nitrogens is 2. The molecule has 0 aliphatic carbocycles. The fraction of sp³-hybridized carbons (Fsp3) is 0.333. The first-order chi connectivity index (χ1) is 12.1. The number of para-hydroxylation sites is 1. The van der Waals surface area contributed by atoms with Crippen LogP contribution in [0.5, 0.6) is 0 Å². The maximum absolute atomic E-state index is 11.8. The number of likely N-dealkylation sites (tertiary alicyclic amines) is 1. The maximum atomic E-state index is 11.8. The molecule has 1 fully saturated rings. The first-order valence-corrected chi connectivity index (χ1v) is 8.32. The zero-order valence-electron chi connectivity index (χ0n) is 13.9. The fourth-order valence-corrected chi connectivity index (χ4v) is 2.73. The molecule has 1 N–H and O–H groups in total. The molecule has 3 rings (SSSR count). The number of nitrogens with zero attached hydrogens (tertiary/aromatic N) is 3. The van der Waals surface area contributed by atoms with Crippen LogP contribution in [0.15, 0.2) is 42.7 Å². The number of carbonyl (C=O) groups excluding carboxylic acids is 3. The van der Waals surface area contributed by atoms with Gasteiger partial charge in [-0.05, 0) is 24.1 Å². The summed E-state index contributed by atoms with van der Waals surface area (Å²) >= 11 is 0. The van der Waals surface area contributed by atoms with Gasteiger partial charge in [0.25, 0.3) is 0 Å². The average Bonchev–Trinajstić information content (AvgIpc) is 3.21. The second kappa shape index (κ2) is 7.74. The zero-order valence-corrected chi connectivity index (χ0v) is 13.9. The summed E-state index contributed by atoms with van der Waals surface area (Å²) in [5, 5.41) is 7.12. The van der Waals surface area contributed by atoms with Gasteiger partial charge in [-0.1, -0.05) is 18.2 Å². The van der Waals surface area contributed by atoms with Crippen LogP contribution in [0.3, 0.4) is 0 Å². The first kappa shape index (κ1) is 16.9. The Kier molecular flexibility index (Phi) is 5.23. The van der Waals surface area contributed by atoms with Crippen molar-refractivity contribution in [3.05, 3.63) is 48.3 Å². The van der Waals surface area contributed by atoms with E-state index >= 15 is 0 Å². The van der Waals surface area contributed by atoms with Crippen molar-refractivity contribution < 1.29 is 14.4 Å². The third-order valence-electron chi connectivity index (χ3n) is 4.11. The lowest BCUT2D eigenvalue weighted by atomic mass is 10.2. The number of hydrogen-bond donors (Lipinski definition) is 1. The first-order valence-electron chi connectivity index (χ1n) is 8.32. The Morgan fingerprint density at radius 3 is 2.56 bits per heavy atom. The molecule has 7 nitrogen and oxygen atoms in total. The molecule has 1 aliphatic heterocycles. The smallest absolute Gasteiger partial charge is 0.229 e. The van der Waals surface area contributed by atoms with Gasteiger partial charge in [0, 0.05) is 38.5 Å². The Labute approximate surface area is 145 Å². The summed E-state index contributed by atoms with van der Waals surface area (Å²) in [7, 11) is 0. The third kappa shape index (κ3) is 4.32. The number of nitrogens with one attached hydrogen (secondary N) is 1. The minimum Gasteiger partial charge on any atom is -0.356 e. The molecule has 0 bridgehead atoms. The van der Waals surface area contributed by atoms with E-state index in [1.165, 1.54) is 4.90 Å². The summed E-state index contributed by atoms with van der Waals surface area (Å²) in [6, 6.07) is 9.80. The van der Waals surface area contributed by atoms with Crippen molar-refractivity contribution in [2.24, 2.45) is 0 Å². The molecular formula is C18H20N4O3. The molecule has 7 heteroatoms. The molecule has 1 aromatic carbocycles. The normalized spacial score (nSPS) is 14.2. The van der Waals surface area contributed by atoms with Crippen LogP contribution in [0.25, 0.3) is 5.69 Å². The Morgan fingerprint density at radius 1 is 1.12 bits per heavy atom. The summed E-state index contributed by atoms with van der Waals surface area (Å²) < 4.78 is 1.79. The van der Waals surface area contributed by atoms with Crippen LogP contribution in [0.4, 0.5) is 0 Å². The second-order valence-corrected chi connectivity index (χ2v) is 5.92. The molecule has 0 atom stereocenters. The van der Waals surface area contributed by atoms with Gasteiger partial charge in [-0.15, -0.1) is 0 Å². The van der Waals surface area contributed by atoms with Crippen molar-refractivity contribution in [2.75, 3.05) is 13.1 Å². The Bertz CT molecular complexity index is 754. The van der Waals surface area contributed by atoms with E-state index in [2.05, 4.69) is 10.4 Å². The molecule has 0 radical (unpaired) electrons. The average molecular weight is 340 g/mol. The molecule has 1 aromatic heterocycles. The van der Waals surface area contributed by atoms with E-state index in [1.807, 2.05) is 36.5 Å². The molecule has 1 saturated heterocycles. The largest absolute Gasteiger partial charge is 0.356 e. The highest BCUT2D eigenvalue weighted by Gasteiger charge is 2.28. The minimum atomic E-state index is -0.189. The number of hydrogen-bond acceptors (Lipinski definition) is 4.